The van der Waals surface area contributed by atoms with E-state index in [-0.39, 0.29) is 52.7 Å². The molecular formula is C29H43NO11Pt. The Labute approximate surface area is 261 Å². The number of aliphatic carboxylic acids is 3. The number of nitrogens with one attached hydrogen (secondary N) is 1. The smallest absolute Gasteiger partial charge is 0.677 e. The number of benzene rings is 1. The summed E-state index contributed by atoms with van der Waals surface area (Å²) in [7, 11) is 0. The molecule has 2 atom stereocenters. The van der Waals surface area contributed by atoms with Crippen molar-refractivity contribution < 1.29 is 74.9 Å². The minimum absolute atomic E-state index is 0. The number of carbonyl (C=O) groups is 5. The van der Waals surface area contributed by atoms with Crippen molar-refractivity contribution in [3.05, 3.63) is 54.6 Å². The Morgan fingerprint density at radius 3 is 1.88 bits per heavy atom. The second-order valence-electron chi connectivity index (χ2n) is 9.39. The van der Waals surface area contributed by atoms with E-state index in [1.165, 1.54) is 19.3 Å². The predicted octanol–water partition coefficient (Wildman–Crippen LogP) is 4.48. The van der Waals surface area contributed by atoms with E-state index in [9.17, 15) is 14.4 Å². The summed E-state index contributed by atoms with van der Waals surface area (Å²) in [6.07, 6.45) is 5.62. The van der Waals surface area contributed by atoms with Crippen LogP contribution in [0.4, 0.5) is 0 Å². The summed E-state index contributed by atoms with van der Waals surface area (Å²) >= 11 is 0. The van der Waals surface area contributed by atoms with Gasteiger partial charge in [-0.2, -0.15) is 12.0 Å². The second-order valence-corrected chi connectivity index (χ2v) is 9.39. The molecule has 12 nitrogen and oxygen atoms in total. The van der Waals surface area contributed by atoms with E-state index in [2.05, 4.69) is 13.5 Å². The van der Waals surface area contributed by atoms with Gasteiger partial charge < -0.3 is 42.6 Å². The predicted molar refractivity (Wildman–Crippen MR) is 151 cm³/mol. The molecule has 0 saturated heterocycles. The number of aliphatic hydroxyl groups is 1. The molecular weight excluding hydrogens is 733 g/mol. The third-order valence-electron chi connectivity index (χ3n) is 4.98. The van der Waals surface area contributed by atoms with Crippen LogP contribution >= 0.6 is 0 Å². The number of ether oxygens (including phenoxy) is 2. The first kappa shape index (κ1) is 43.4. The van der Waals surface area contributed by atoms with Crippen LogP contribution in [-0.4, -0.2) is 69.0 Å². The zero-order valence-electron chi connectivity index (χ0n) is 24.3. The van der Waals surface area contributed by atoms with Gasteiger partial charge in [0, 0.05) is 24.5 Å². The van der Waals surface area contributed by atoms with E-state index in [1.807, 2.05) is 0 Å². The van der Waals surface area contributed by atoms with Crippen molar-refractivity contribution >= 4 is 29.8 Å². The molecule has 1 aliphatic rings. The molecule has 0 aromatic heterocycles. The largest absolute Gasteiger partial charge is 2.00 e. The normalized spacial score (nSPS) is 14.9. The van der Waals surface area contributed by atoms with Crippen LogP contribution < -0.4 is 4.74 Å². The van der Waals surface area contributed by atoms with Gasteiger partial charge in [-0.1, -0.05) is 44.4 Å². The topological polar surface area (TPSA) is 209 Å². The van der Waals surface area contributed by atoms with Gasteiger partial charge in [0.1, 0.15) is 5.75 Å². The molecule has 1 aromatic carbocycles. The zero-order chi connectivity index (χ0) is 32.0. The van der Waals surface area contributed by atoms with E-state index in [0.29, 0.717) is 30.1 Å². The van der Waals surface area contributed by atoms with Crippen molar-refractivity contribution in [3.8, 4) is 5.75 Å². The Balaban J connectivity index is -0.000000649. The molecule has 0 bridgehead atoms. The van der Waals surface area contributed by atoms with Crippen LogP contribution in [0.2, 0.25) is 0 Å². The maximum absolute atomic E-state index is 11.6. The molecule has 5 N–H and O–H groups in total. The number of carboxylic acid groups (broad SMARTS) is 3. The first-order chi connectivity index (χ1) is 19.1. The standard InChI is InChI=1S/C17H20O6.C7H13N.C3H8O.C2H2O4.Pt/c1-12(2)17(21)22-11-3-4-16(20)23-14-8-5-13(6-9-14)7-10-15(18)19;1-6-4-2-3-5-7(6)8;1-3(2)4;3-1(4)2(5)6;/h5-6,8-9H,1,3-4,7,10-11H2,2H3,(H,18,19);6-8H,1-5H2;3-4H,1-2H3;(H,3,4)(H,5,6);/q;-2;;;+2. The van der Waals surface area contributed by atoms with Crippen LogP contribution in [0.15, 0.2) is 36.4 Å². The molecule has 240 valence electrons. The summed E-state index contributed by atoms with van der Waals surface area (Å²) in [5.41, 5.74) is 8.59. The number of carbonyl (C=O) groups excluding carboxylic acids is 2. The van der Waals surface area contributed by atoms with E-state index in [1.54, 1.807) is 45.0 Å². The van der Waals surface area contributed by atoms with Crippen LogP contribution in [0.3, 0.4) is 0 Å². The SMILES string of the molecule is C=C(C)C(=O)OCCCC(=O)Oc1ccc(CCC(=O)O)cc1.CC(C)O.O=C(O)C(=O)O.[CH2-]C1CCCCC1[NH-].[Pt+2]. The summed E-state index contributed by atoms with van der Waals surface area (Å²) in [5.74, 6) is -4.58. The Morgan fingerprint density at radius 1 is 1.00 bits per heavy atom. The van der Waals surface area contributed by atoms with Gasteiger partial charge in [0.15, 0.2) is 0 Å². The molecule has 1 aromatic rings. The number of aliphatic hydroxyl groups excluding tert-OH is 1. The van der Waals surface area contributed by atoms with E-state index < -0.39 is 29.8 Å². The summed E-state index contributed by atoms with van der Waals surface area (Å²) in [6, 6.07) is 6.83. The molecule has 42 heavy (non-hydrogen) atoms. The van der Waals surface area contributed by atoms with Crippen LogP contribution in [-0.2, 0) is 56.2 Å². The van der Waals surface area contributed by atoms with Crippen molar-refractivity contribution in [2.75, 3.05) is 6.61 Å². The van der Waals surface area contributed by atoms with E-state index in [4.69, 9.17) is 45.2 Å². The molecule has 0 aliphatic heterocycles. The molecule has 2 rings (SSSR count). The van der Waals surface area contributed by atoms with Gasteiger partial charge in [0.05, 0.1) is 6.61 Å². The fourth-order valence-electron chi connectivity index (χ4n) is 2.87. The van der Waals surface area contributed by atoms with E-state index >= 15 is 0 Å². The quantitative estimate of drug-likeness (QED) is 0.0687. The Kier molecular flexibility index (Phi) is 26.5. The molecule has 0 spiro atoms. The fourth-order valence-corrected chi connectivity index (χ4v) is 2.87. The summed E-state index contributed by atoms with van der Waals surface area (Å²) in [5, 5.41) is 31.4. The zero-order valence-corrected chi connectivity index (χ0v) is 26.6. The molecule has 0 radical (unpaired) electrons. The summed E-state index contributed by atoms with van der Waals surface area (Å²) in [4.78, 5) is 51.4. The molecule has 1 saturated carbocycles. The number of esters is 2. The van der Waals surface area contributed by atoms with Crippen LogP contribution in [0.5, 0.6) is 5.75 Å². The van der Waals surface area contributed by atoms with Crippen LogP contribution in [0, 0.1) is 12.8 Å². The molecule has 0 amide bonds. The van der Waals surface area contributed by atoms with Gasteiger partial charge in [-0.05, 0) is 51.3 Å². The summed E-state index contributed by atoms with van der Waals surface area (Å²) < 4.78 is 10.0. The Morgan fingerprint density at radius 2 is 1.50 bits per heavy atom. The average Bonchev–Trinajstić information content (AvgIpc) is 2.88. The van der Waals surface area contributed by atoms with Gasteiger partial charge in [-0.25, -0.2) is 14.4 Å². The number of carboxylic acids is 3. The van der Waals surface area contributed by atoms with Gasteiger partial charge >= 0.3 is 50.9 Å². The van der Waals surface area contributed by atoms with Gasteiger partial charge in [0.25, 0.3) is 0 Å². The van der Waals surface area contributed by atoms with Crippen molar-refractivity contribution in [3.63, 3.8) is 0 Å². The van der Waals surface area contributed by atoms with Crippen molar-refractivity contribution in [1.29, 1.82) is 0 Å². The average molecular weight is 777 g/mol. The maximum atomic E-state index is 11.6. The first-order valence-corrected chi connectivity index (χ1v) is 13.1. The Hall–Kier alpha value is -3.08. The summed E-state index contributed by atoms with van der Waals surface area (Å²) in [6.45, 7) is 12.5. The van der Waals surface area contributed by atoms with Crippen LogP contribution in [0.25, 0.3) is 5.73 Å². The number of rotatable bonds is 9. The minimum atomic E-state index is -1.82. The van der Waals surface area contributed by atoms with Crippen molar-refractivity contribution in [2.24, 2.45) is 5.92 Å². The van der Waals surface area contributed by atoms with Gasteiger partial charge in [-0.3, -0.25) is 9.59 Å². The third kappa shape index (κ3) is 27.1. The molecule has 1 fully saturated rings. The maximum Gasteiger partial charge on any atom is 2.00 e. The van der Waals surface area contributed by atoms with Crippen molar-refractivity contribution in [2.45, 2.75) is 84.3 Å². The Bertz CT molecular complexity index is 940. The molecule has 0 heterocycles. The van der Waals surface area contributed by atoms with E-state index in [0.717, 1.165) is 12.0 Å². The van der Waals surface area contributed by atoms with Crippen molar-refractivity contribution in [1.82, 2.24) is 0 Å². The van der Waals surface area contributed by atoms with Crippen LogP contribution in [0.1, 0.15) is 71.3 Å². The second kappa shape index (κ2) is 25.6. The minimum Gasteiger partial charge on any atom is -0.677 e. The fraction of sp³-hybridized carbons (Fsp3) is 0.517. The number of aryl methyl sites for hydroxylation is 1. The van der Waals surface area contributed by atoms with Gasteiger partial charge in [-0.15, -0.1) is 0 Å². The monoisotopic (exact) mass is 776 g/mol. The molecule has 13 heteroatoms. The molecule has 2 unspecified atom stereocenters. The number of hydrogen-bond donors (Lipinski definition) is 4. The molecule has 1 aliphatic carbocycles. The third-order valence-corrected chi connectivity index (χ3v) is 4.98. The first-order valence-electron chi connectivity index (χ1n) is 13.1. The number of hydrogen-bond acceptors (Lipinski definition) is 8. The van der Waals surface area contributed by atoms with Gasteiger partial charge in [0.2, 0.25) is 0 Å².